The first-order valence-electron chi connectivity index (χ1n) is 10.0. The van der Waals surface area contributed by atoms with Crippen LogP contribution in [0.3, 0.4) is 0 Å². The van der Waals surface area contributed by atoms with Gasteiger partial charge in [-0.1, -0.05) is 29.5 Å². The quantitative estimate of drug-likeness (QED) is 0.640. The molecule has 1 aromatic heterocycles. The molecular weight excluding hydrogens is 432 g/mol. The number of nitriles is 1. The van der Waals surface area contributed by atoms with Crippen molar-refractivity contribution in [2.24, 2.45) is 0 Å². The molecule has 2 heterocycles. The Morgan fingerprint density at radius 1 is 1.06 bits per heavy atom. The number of rotatable bonds is 5. The van der Waals surface area contributed by atoms with E-state index in [0.29, 0.717) is 23.7 Å². The smallest absolute Gasteiger partial charge is 0.243 e. The van der Waals surface area contributed by atoms with Crippen molar-refractivity contribution in [2.45, 2.75) is 37.6 Å². The summed E-state index contributed by atoms with van der Waals surface area (Å²) in [5.41, 5.74) is 4.23. The van der Waals surface area contributed by atoms with Gasteiger partial charge in [0.2, 0.25) is 15.9 Å². The van der Waals surface area contributed by atoms with Gasteiger partial charge in [0, 0.05) is 31.9 Å². The van der Waals surface area contributed by atoms with Crippen LogP contribution < -0.4 is 0 Å². The van der Waals surface area contributed by atoms with Crippen molar-refractivity contribution in [3.63, 3.8) is 0 Å². The highest BCUT2D eigenvalue weighted by molar-refractivity contribution is 8.00. The fourth-order valence-corrected chi connectivity index (χ4v) is 5.82. The molecule has 1 amide bonds. The number of pyridine rings is 1. The molecule has 1 fully saturated rings. The number of carbonyl (C=O) groups is 1. The standard InChI is InChI=1S/C22H26N4O3S2/c1-15-5-7-19(8-6-15)31(28,29)26-11-9-25(10-12-26)21(27)14-30-22-20(13-23)17(3)16(2)18(4)24-22/h5-8H,9-12,14H2,1-4H3. The van der Waals surface area contributed by atoms with Crippen molar-refractivity contribution in [3.05, 3.63) is 52.2 Å². The van der Waals surface area contributed by atoms with Crippen LogP contribution in [0.2, 0.25) is 0 Å². The lowest BCUT2D eigenvalue weighted by atomic mass is 10.1. The van der Waals surface area contributed by atoms with Crippen molar-refractivity contribution < 1.29 is 13.2 Å². The first kappa shape index (κ1) is 23.3. The van der Waals surface area contributed by atoms with E-state index < -0.39 is 10.0 Å². The average molecular weight is 459 g/mol. The zero-order valence-corrected chi connectivity index (χ0v) is 19.8. The normalized spacial score (nSPS) is 15.0. The highest BCUT2D eigenvalue weighted by Crippen LogP contribution is 2.27. The number of aromatic nitrogens is 1. The van der Waals surface area contributed by atoms with Gasteiger partial charge in [0.15, 0.2) is 0 Å². The van der Waals surface area contributed by atoms with E-state index >= 15 is 0 Å². The van der Waals surface area contributed by atoms with Crippen molar-refractivity contribution in [2.75, 3.05) is 31.9 Å². The Morgan fingerprint density at radius 2 is 1.68 bits per heavy atom. The summed E-state index contributed by atoms with van der Waals surface area (Å²) >= 11 is 1.26. The summed E-state index contributed by atoms with van der Waals surface area (Å²) in [6.07, 6.45) is 0. The summed E-state index contributed by atoms with van der Waals surface area (Å²) in [7, 11) is -3.56. The fourth-order valence-electron chi connectivity index (χ4n) is 3.41. The Kier molecular flexibility index (Phi) is 7.04. The molecule has 0 spiro atoms. The Balaban J connectivity index is 1.61. The lowest BCUT2D eigenvalue weighted by molar-refractivity contribution is -0.129. The van der Waals surface area contributed by atoms with Gasteiger partial charge in [0.1, 0.15) is 11.1 Å². The number of thioether (sulfide) groups is 1. The summed E-state index contributed by atoms with van der Waals surface area (Å²) in [6.45, 7) is 8.83. The molecule has 0 unspecified atom stereocenters. The Morgan fingerprint density at radius 3 is 2.26 bits per heavy atom. The van der Waals surface area contributed by atoms with Crippen molar-refractivity contribution in [1.29, 1.82) is 5.26 Å². The van der Waals surface area contributed by atoms with E-state index in [-0.39, 0.29) is 29.6 Å². The molecule has 1 aliphatic rings. The topological polar surface area (TPSA) is 94.4 Å². The molecule has 164 valence electrons. The van der Waals surface area contributed by atoms with E-state index in [1.807, 2.05) is 27.7 Å². The Hall–Kier alpha value is -2.41. The molecule has 0 bridgehead atoms. The number of carbonyl (C=O) groups excluding carboxylic acids is 1. The summed E-state index contributed by atoms with van der Waals surface area (Å²) in [5.74, 6) is 0.0767. The van der Waals surface area contributed by atoms with Gasteiger partial charge in [-0.2, -0.15) is 9.57 Å². The summed E-state index contributed by atoms with van der Waals surface area (Å²) in [5, 5.41) is 10.0. The third-order valence-electron chi connectivity index (χ3n) is 5.66. The monoisotopic (exact) mass is 458 g/mol. The second-order valence-electron chi connectivity index (χ2n) is 7.63. The highest BCUT2D eigenvalue weighted by atomic mass is 32.2. The number of piperazine rings is 1. The maximum absolute atomic E-state index is 12.8. The summed E-state index contributed by atoms with van der Waals surface area (Å²) in [6, 6.07) is 8.98. The van der Waals surface area contributed by atoms with Crippen molar-refractivity contribution >= 4 is 27.7 Å². The van der Waals surface area contributed by atoms with Crippen LogP contribution in [0.15, 0.2) is 34.2 Å². The minimum absolute atomic E-state index is 0.0843. The fraction of sp³-hybridized carbons (Fsp3) is 0.409. The average Bonchev–Trinajstić information content (AvgIpc) is 2.76. The largest absolute Gasteiger partial charge is 0.339 e. The number of amides is 1. The number of hydrogen-bond donors (Lipinski definition) is 0. The Bertz CT molecular complexity index is 1130. The van der Waals surface area contributed by atoms with Gasteiger partial charge in [0.25, 0.3) is 0 Å². The molecule has 0 radical (unpaired) electrons. The van der Waals surface area contributed by atoms with Gasteiger partial charge < -0.3 is 4.90 Å². The SMILES string of the molecule is Cc1ccc(S(=O)(=O)N2CCN(C(=O)CSc3nc(C)c(C)c(C)c3C#N)CC2)cc1. The van der Waals surface area contributed by atoms with E-state index in [2.05, 4.69) is 11.1 Å². The lowest BCUT2D eigenvalue weighted by Gasteiger charge is -2.34. The third kappa shape index (κ3) is 4.92. The van der Waals surface area contributed by atoms with Gasteiger partial charge in [-0.25, -0.2) is 13.4 Å². The second-order valence-corrected chi connectivity index (χ2v) is 10.5. The van der Waals surface area contributed by atoms with Crippen LogP contribution >= 0.6 is 11.8 Å². The van der Waals surface area contributed by atoms with Crippen LogP contribution in [0.25, 0.3) is 0 Å². The van der Waals surface area contributed by atoms with Crippen molar-refractivity contribution in [3.8, 4) is 6.07 Å². The van der Waals surface area contributed by atoms with Gasteiger partial charge in [-0.15, -0.1) is 0 Å². The molecule has 1 saturated heterocycles. The maximum atomic E-state index is 12.8. The van der Waals surface area contributed by atoms with Crippen LogP contribution in [0.4, 0.5) is 0 Å². The van der Waals surface area contributed by atoms with Gasteiger partial charge in [-0.05, 0) is 51.0 Å². The maximum Gasteiger partial charge on any atom is 0.243 e. The molecular formula is C22H26N4O3S2. The van der Waals surface area contributed by atoms with Crippen LogP contribution in [0.1, 0.15) is 27.9 Å². The molecule has 0 saturated carbocycles. The van der Waals surface area contributed by atoms with Crippen LogP contribution in [-0.4, -0.2) is 60.4 Å². The van der Waals surface area contributed by atoms with Crippen LogP contribution in [0.5, 0.6) is 0 Å². The molecule has 1 aliphatic heterocycles. The minimum atomic E-state index is -3.56. The molecule has 0 N–H and O–H groups in total. The van der Waals surface area contributed by atoms with E-state index in [4.69, 9.17) is 0 Å². The molecule has 1 aromatic carbocycles. The molecule has 9 heteroatoms. The van der Waals surface area contributed by atoms with Gasteiger partial charge >= 0.3 is 0 Å². The summed E-state index contributed by atoms with van der Waals surface area (Å²) < 4.78 is 27.1. The first-order valence-corrected chi connectivity index (χ1v) is 12.4. The number of hydrogen-bond acceptors (Lipinski definition) is 6. The number of nitrogens with zero attached hydrogens (tertiary/aromatic N) is 4. The minimum Gasteiger partial charge on any atom is -0.339 e. The van der Waals surface area contributed by atoms with Crippen LogP contribution in [-0.2, 0) is 14.8 Å². The number of aryl methyl sites for hydroxylation is 2. The molecule has 2 aromatic rings. The Labute approximate surface area is 188 Å². The van der Waals surface area contributed by atoms with Crippen molar-refractivity contribution in [1.82, 2.24) is 14.2 Å². The zero-order valence-electron chi connectivity index (χ0n) is 18.2. The molecule has 31 heavy (non-hydrogen) atoms. The predicted molar refractivity (Wildman–Crippen MR) is 120 cm³/mol. The molecule has 3 rings (SSSR count). The molecule has 7 nitrogen and oxygen atoms in total. The van der Waals surface area contributed by atoms with E-state index in [0.717, 1.165) is 22.4 Å². The van der Waals surface area contributed by atoms with Crippen LogP contribution in [0, 0.1) is 39.0 Å². The number of sulfonamides is 1. The summed E-state index contributed by atoms with van der Waals surface area (Å²) in [4.78, 5) is 19.1. The van der Waals surface area contributed by atoms with E-state index in [1.165, 1.54) is 16.1 Å². The lowest BCUT2D eigenvalue weighted by Crippen LogP contribution is -2.50. The second kappa shape index (κ2) is 9.39. The predicted octanol–water partition coefficient (Wildman–Crippen LogP) is 2.81. The molecule has 0 atom stereocenters. The zero-order chi connectivity index (χ0) is 22.8. The van der Waals surface area contributed by atoms with Gasteiger partial charge in [-0.3, -0.25) is 4.79 Å². The number of benzene rings is 1. The molecule has 0 aliphatic carbocycles. The van der Waals surface area contributed by atoms with E-state index in [1.54, 1.807) is 29.2 Å². The first-order chi connectivity index (χ1) is 14.6. The third-order valence-corrected chi connectivity index (χ3v) is 8.53. The van der Waals surface area contributed by atoms with E-state index in [9.17, 15) is 18.5 Å². The highest BCUT2D eigenvalue weighted by Gasteiger charge is 2.30. The van der Waals surface area contributed by atoms with Gasteiger partial charge in [0.05, 0.1) is 16.2 Å².